The standard InChI is InChI=1S/C20H22N2O4S/c1-12-15(20(23)24)10-17(16-11-27-13(2)21-16)22(12)8-7-14-5-6-18(25-3)19(9-14)26-4/h5-6,9-11H,7-8H2,1-4H3,(H,23,24). The second-order valence-corrected chi connectivity index (χ2v) is 7.24. The Morgan fingerprint density at radius 1 is 1.19 bits per heavy atom. The van der Waals surface area contributed by atoms with Crippen LogP contribution in [0.5, 0.6) is 11.5 Å². The van der Waals surface area contributed by atoms with Gasteiger partial charge in [0.1, 0.15) is 0 Å². The first-order chi connectivity index (χ1) is 12.9. The van der Waals surface area contributed by atoms with E-state index in [9.17, 15) is 9.90 Å². The number of carboxylic acid groups (broad SMARTS) is 1. The normalized spacial score (nSPS) is 10.8. The predicted molar refractivity (Wildman–Crippen MR) is 105 cm³/mol. The zero-order valence-corrected chi connectivity index (χ0v) is 16.6. The van der Waals surface area contributed by atoms with Crippen LogP contribution in [0.2, 0.25) is 0 Å². The number of carboxylic acids is 1. The number of hydrogen-bond acceptors (Lipinski definition) is 5. The lowest BCUT2D eigenvalue weighted by atomic mass is 10.1. The number of aromatic nitrogens is 2. The maximum Gasteiger partial charge on any atom is 0.337 e. The minimum atomic E-state index is -0.925. The fourth-order valence-corrected chi connectivity index (χ4v) is 3.73. The summed E-state index contributed by atoms with van der Waals surface area (Å²) in [7, 11) is 3.22. The molecule has 1 aromatic carbocycles. The van der Waals surface area contributed by atoms with Crippen molar-refractivity contribution >= 4 is 17.3 Å². The monoisotopic (exact) mass is 386 g/mol. The molecule has 3 rings (SSSR count). The van der Waals surface area contributed by atoms with Gasteiger partial charge < -0.3 is 19.1 Å². The number of methoxy groups -OCH3 is 2. The van der Waals surface area contributed by atoms with Crippen molar-refractivity contribution in [3.8, 4) is 22.9 Å². The van der Waals surface area contributed by atoms with Gasteiger partial charge in [0, 0.05) is 17.6 Å². The van der Waals surface area contributed by atoms with Crippen LogP contribution in [0.25, 0.3) is 11.4 Å². The Kier molecular flexibility index (Phi) is 5.51. The van der Waals surface area contributed by atoms with Gasteiger partial charge >= 0.3 is 5.97 Å². The summed E-state index contributed by atoms with van der Waals surface area (Å²) in [6.45, 7) is 4.41. The first kappa shape index (κ1) is 19.0. The lowest BCUT2D eigenvalue weighted by molar-refractivity contribution is 0.0696. The summed E-state index contributed by atoms with van der Waals surface area (Å²) in [6.07, 6.45) is 0.727. The van der Waals surface area contributed by atoms with Gasteiger partial charge in [-0.2, -0.15) is 0 Å². The fourth-order valence-electron chi connectivity index (χ4n) is 3.12. The average molecular weight is 386 g/mol. The molecule has 142 valence electrons. The van der Waals surface area contributed by atoms with Crippen LogP contribution < -0.4 is 9.47 Å². The second kappa shape index (κ2) is 7.84. The molecule has 0 spiro atoms. The summed E-state index contributed by atoms with van der Waals surface area (Å²) in [4.78, 5) is 16.1. The van der Waals surface area contributed by atoms with E-state index >= 15 is 0 Å². The van der Waals surface area contributed by atoms with Crippen LogP contribution in [-0.4, -0.2) is 34.8 Å². The van der Waals surface area contributed by atoms with E-state index in [0.29, 0.717) is 23.6 Å². The van der Waals surface area contributed by atoms with E-state index < -0.39 is 5.97 Å². The van der Waals surface area contributed by atoms with Gasteiger partial charge in [0.05, 0.1) is 36.2 Å². The molecule has 0 radical (unpaired) electrons. The van der Waals surface area contributed by atoms with Gasteiger partial charge in [-0.1, -0.05) is 6.07 Å². The molecule has 0 saturated carbocycles. The van der Waals surface area contributed by atoms with Gasteiger partial charge in [-0.3, -0.25) is 0 Å². The SMILES string of the molecule is COc1ccc(CCn2c(-c3csc(C)n3)cc(C(=O)O)c2C)cc1OC. The van der Waals surface area contributed by atoms with E-state index in [1.54, 1.807) is 31.6 Å². The van der Waals surface area contributed by atoms with E-state index in [2.05, 4.69) is 4.98 Å². The van der Waals surface area contributed by atoms with Crippen LogP contribution in [-0.2, 0) is 13.0 Å². The summed E-state index contributed by atoms with van der Waals surface area (Å²) in [5, 5.41) is 12.4. The highest BCUT2D eigenvalue weighted by molar-refractivity contribution is 7.09. The molecule has 2 heterocycles. The first-order valence-corrected chi connectivity index (χ1v) is 9.39. The first-order valence-electron chi connectivity index (χ1n) is 8.51. The third-order valence-corrected chi connectivity index (χ3v) is 5.32. The Labute approximate surface area is 162 Å². The summed E-state index contributed by atoms with van der Waals surface area (Å²) >= 11 is 1.55. The molecule has 1 N–H and O–H groups in total. The highest BCUT2D eigenvalue weighted by Crippen LogP contribution is 2.30. The van der Waals surface area contributed by atoms with Crippen LogP contribution in [0.15, 0.2) is 29.6 Å². The molecule has 0 saturated heterocycles. The van der Waals surface area contributed by atoms with E-state index in [0.717, 1.165) is 34.1 Å². The third kappa shape index (κ3) is 3.83. The minimum absolute atomic E-state index is 0.308. The minimum Gasteiger partial charge on any atom is -0.493 e. The van der Waals surface area contributed by atoms with Crippen LogP contribution in [0.4, 0.5) is 0 Å². The number of thiazole rings is 1. The summed E-state index contributed by atoms with van der Waals surface area (Å²) in [5.74, 6) is 0.441. The van der Waals surface area contributed by atoms with Gasteiger partial charge in [0.15, 0.2) is 11.5 Å². The highest BCUT2D eigenvalue weighted by Gasteiger charge is 2.19. The Hall–Kier alpha value is -2.80. The number of aromatic carboxylic acids is 1. The molecular weight excluding hydrogens is 364 g/mol. The van der Waals surface area contributed by atoms with Crippen molar-refractivity contribution < 1.29 is 19.4 Å². The molecular formula is C20H22N2O4S. The maximum absolute atomic E-state index is 11.6. The molecule has 0 aliphatic rings. The molecule has 0 aliphatic heterocycles. The van der Waals surface area contributed by atoms with Crippen molar-refractivity contribution in [1.82, 2.24) is 9.55 Å². The Morgan fingerprint density at radius 3 is 2.52 bits per heavy atom. The van der Waals surface area contributed by atoms with E-state index in [4.69, 9.17) is 9.47 Å². The number of nitrogens with zero attached hydrogens (tertiary/aromatic N) is 2. The molecule has 0 bridgehead atoms. The van der Waals surface area contributed by atoms with Gasteiger partial charge in [0.25, 0.3) is 0 Å². The fraction of sp³-hybridized carbons (Fsp3) is 0.300. The second-order valence-electron chi connectivity index (χ2n) is 6.18. The molecule has 6 nitrogen and oxygen atoms in total. The molecule has 0 aliphatic carbocycles. The van der Waals surface area contributed by atoms with Crippen LogP contribution in [0.1, 0.15) is 26.6 Å². The smallest absolute Gasteiger partial charge is 0.337 e. The van der Waals surface area contributed by atoms with Crippen molar-refractivity contribution in [3.63, 3.8) is 0 Å². The summed E-state index contributed by atoms with van der Waals surface area (Å²) in [6, 6.07) is 7.53. The van der Waals surface area contributed by atoms with Gasteiger partial charge in [-0.05, 0) is 44.0 Å². The topological polar surface area (TPSA) is 73.6 Å². The molecule has 2 aromatic heterocycles. The highest BCUT2D eigenvalue weighted by atomic mass is 32.1. The average Bonchev–Trinajstić information content (AvgIpc) is 3.22. The van der Waals surface area contributed by atoms with Crippen molar-refractivity contribution in [2.45, 2.75) is 26.8 Å². The summed E-state index contributed by atoms with van der Waals surface area (Å²) in [5.41, 5.74) is 3.75. The quantitative estimate of drug-likeness (QED) is 0.659. The zero-order valence-electron chi connectivity index (χ0n) is 15.8. The predicted octanol–water partition coefficient (Wildman–Crippen LogP) is 4.19. The van der Waals surface area contributed by atoms with Gasteiger partial charge in [0.2, 0.25) is 0 Å². The number of hydrogen-bond donors (Lipinski definition) is 1. The van der Waals surface area contributed by atoms with Crippen molar-refractivity contribution in [3.05, 3.63) is 51.5 Å². The van der Waals surface area contributed by atoms with E-state index in [1.807, 2.05) is 42.0 Å². The zero-order chi connectivity index (χ0) is 19.6. The third-order valence-electron chi connectivity index (χ3n) is 4.55. The van der Waals surface area contributed by atoms with Gasteiger partial charge in [-0.25, -0.2) is 9.78 Å². The number of benzene rings is 1. The molecule has 0 amide bonds. The van der Waals surface area contributed by atoms with Crippen LogP contribution in [0, 0.1) is 13.8 Å². The molecule has 0 atom stereocenters. The lowest BCUT2D eigenvalue weighted by Crippen LogP contribution is -2.07. The van der Waals surface area contributed by atoms with E-state index in [-0.39, 0.29) is 0 Å². The van der Waals surface area contributed by atoms with Crippen LogP contribution in [0.3, 0.4) is 0 Å². The molecule has 3 aromatic rings. The summed E-state index contributed by atoms with van der Waals surface area (Å²) < 4.78 is 12.7. The lowest BCUT2D eigenvalue weighted by Gasteiger charge is -2.13. The Morgan fingerprint density at radius 2 is 1.93 bits per heavy atom. The molecule has 7 heteroatoms. The maximum atomic E-state index is 11.6. The number of ether oxygens (including phenoxy) is 2. The number of carbonyl (C=O) groups is 1. The van der Waals surface area contributed by atoms with Crippen LogP contribution >= 0.6 is 11.3 Å². The van der Waals surface area contributed by atoms with Gasteiger partial charge in [-0.15, -0.1) is 11.3 Å². The van der Waals surface area contributed by atoms with E-state index in [1.165, 1.54) is 0 Å². The number of rotatable bonds is 7. The molecule has 0 unspecified atom stereocenters. The Bertz CT molecular complexity index is 975. The van der Waals surface area contributed by atoms with Crippen molar-refractivity contribution in [2.24, 2.45) is 0 Å². The Balaban J connectivity index is 1.93. The largest absolute Gasteiger partial charge is 0.493 e. The van der Waals surface area contributed by atoms with Crippen molar-refractivity contribution in [2.75, 3.05) is 14.2 Å². The molecule has 27 heavy (non-hydrogen) atoms. The molecule has 0 fully saturated rings. The van der Waals surface area contributed by atoms with Crippen molar-refractivity contribution in [1.29, 1.82) is 0 Å². The number of aryl methyl sites for hydroxylation is 2.